The van der Waals surface area contributed by atoms with Crippen LogP contribution in [0.2, 0.25) is 0 Å². The highest BCUT2D eigenvalue weighted by Crippen LogP contribution is 2.43. The van der Waals surface area contributed by atoms with Crippen LogP contribution in [0.15, 0.2) is 22.9 Å². The van der Waals surface area contributed by atoms with E-state index in [-0.39, 0.29) is 12.6 Å². The molecule has 0 amide bonds. The summed E-state index contributed by atoms with van der Waals surface area (Å²) in [5.74, 6) is 2.18. The molecule has 0 N–H and O–H groups in total. The molecule has 4 heterocycles. The number of fused-ring (bicyclic) bond motifs is 6. The molecule has 1 aromatic carbocycles. The van der Waals surface area contributed by atoms with E-state index in [9.17, 15) is 8.78 Å². The zero-order valence-corrected chi connectivity index (χ0v) is 19.6. The summed E-state index contributed by atoms with van der Waals surface area (Å²) < 4.78 is 43.8. The van der Waals surface area contributed by atoms with Gasteiger partial charge in [-0.2, -0.15) is 8.78 Å². The quantitative estimate of drug-likeness (QED) is 0.354. The average Bonchev–Trinajstić information content (AvgIpc) is 3.40. The van der Waals surface area contributed by atoms with Crippen LogP contribution < -0.4 is 4.74 Å². The number of aromatic nitrogens is 4. The number of nitrogens with zero attached hydrogens (tertiary/aromatic N) is 5. The van der Waals surface area contributed by atoms with Crippen LogP contribution >= 0.6 is 0 Å². The summed E-state index contributed by atoms with van der Waals surface area (Å²) in [4.78, 5) is 11.7. The van der Waals surface area contributed by atoms with Crippen molar-refractivity contribution in [1.29, 1.82) is 0 Å². The summed E-state index contributed by atoms with van der Waals surface area (Å²) in [5.41, 5.74) is 4.89. The van der Waals surface area contributed by atoms with Crippen LogP contribution in [-0.2, 0) is 17.9 Å². The number of halogens is 2. The largest absolute Gasteiger partial charge is 0.485 e. The lowest BCUT2D eigenvalue weighted by molar-refractivity contribution is -0.135. The maximum absolute atomic E-state index is 12.8. The average molecular weight is 472 g/mol. The van der Waals surface area contributed by atoms with Crippen molar-refractivity contribution < 1.29 is 22.8 Å². The van der Waals surface area contributed by atoms with Crippen LogP contribution in [0.1, 0.15) is 44.1 Å². The van der Waals surface area contributed by atoms with E-state index in [2.05, 4.69) is 33.6 Å². The summed E-state index contributed by atoms with van der Waals surface area (Å²) in [6.45, 7) is 7.55. The lowest BCUT2D eigenvalue weighted by Crippen LogP contribution is -2.26. The van der Waals surface area contributed by atoms with Gasteiger partial charge in [0.05, 0.1) is 47.7 Å². The molecular formula is C24H27F2N5O3. The molecule has 0 saturated heterocycles. The van der Waals surface area contributed by atoms with Crippen LogP contribution in [0.5, 0.6) is 5.75 Å². The second-order valence-electron chi connectivity index (χ2n) is 8.51. The number of imidazole rings is 1. The van der Waals surface area contributed by atoms with Gasteiger partial charge in [0.25, 0.3) is 0 Å². The number of hydrogen-bond acceptors (Lipinski definition) is 7. The van der Waals surface area contributed by atoms with E-state index in [0.29, 0.717) is 30.2 Å². The fraction of sp³-hybridized carbons (Fsp3) is 0.458. The zero-order chi connectivity index (χ0) is 24.0. The first-order valence-electron chi connectivity index (χ1n) is 11.4. The van der Waals surface area contributed by atoms with Crippen LogP contribution in [0, 0.1) is 6.92 Å². The molecule has 0 unspecified atom stereocenters. The third-order valence-corrected chi connectivity index (χ3v) is 6.42. The van der Waals surface area contributed by atoms with Gasteiger partial charge in [0.15, 0.2) is 5.76 Å². The summed E-state index contributed by atoms with van der Waals surface area (Å²) in [6.07, 6.45) is 1.73. The number of hydrogen-bond donors (Lipinski definition) is 0. The van der Waals surface area contributed by atoms with E-state index in [1.807, 2.05) is 30.5 Å². The van der Waals surface area contributed by atoms with E-state index in [1.165, 1.54) is 0 Å². The third-order valence-electron chi connectivity index (χ3n) is 6.42. The van der Waals surface area contributed by atoms with Gasteiger partial charge in [-0.05, 0) is 39.1 Å². The zero-order valence-electron chi connectivity index (χ0n) is 19.6. The normalized spacial score (nSPS) is 14.1. The molecule has 1 aliphatic rings. The molecule has 34 heavy (non-hydrogen) atoms. The Kier molecular flexibility index (Phi) is 5.95. The highest BCUT2D eigenvalue weighted by atomic mass is 19.3. The number of ether oxygens (including phenoxy) is 2. The molecule has 5 rings (SSSR count). The SMILES string of the molecule is CCN(CC)Cc1nc2cnc3cc4c(cc3c2n1[C@H](C)COC(F)F)OCc1onc(C)c1-4. The monoisotopic (exact) mass is 471 g/mol. The Hall–Kier alpha value is -3.11. The highest BCUT2D eigenvalue weighted by Gasteiger charge is 2.27. The van der Waals surface area contributed by atoms with Gasteiger partial charge < -0.3 is 18.6 Å². The van der Waals surface area contributed by atoms with Crippen molar-refractivity contribution in [1.82, 2.24) is 24.6 Å². The number of benzene rings is 1. The Labute approximate surface area is 195 Å². The minimum atomic E-state index is -2.83. The molecule has 10 heteroatoms. The number of aryl methyl sites for hydroxylation is 1. The lowest BCUT2D eigenvalue weighted by atomic mass is 9.98. The highest BCUT2D eigenvalue weighted by molar-refractivity contribution is 6.05. The van der Waals surface area contributed by atoms with Gasteiger partial charge in [-0.25, -0.2) is 4.98 Å². The number of alkyl halides is 2. The molecule has 0 bridgehead atoms. The van der Waals surface area contributed by atoms with Crippen molar-refractivity contribution in [3.8, 4) is 16.9 Å². The topological polar surface area (TPSA) is 78.4 Å². The Morgan fingerprint density at radius 2 is 2.00 bits per heavy atom. The van der Waals surface area contributed by atoms with Crippen LogP contribution in [-0.4, -0.2) is 50.9 Å². The van der Waals surface area contributed by atoms with Gasteiger partial charge in [-0.3, -0.25) is 9.88 Å². The van der Waals surface area contributed by atoms with Gasteiger partial charge in [0.2, 0.25) is 0 Å². The Bertz CT molecular complexity index is 1350. The third kappa shape index (κ3) is 3.80. The summed E-state index contributed by atoms with van der Waals surface area (Å²) in [6, 6.07) is 3.56. The van der Waals surface area contributed by atoms with Gasteiger partial charge >= 0.3 is 6.61 Å². The van der Waals surface area contributed by atoms with Gasteiger partial charge in [0.1, 0.15) is 23.7 Å². The summed E-state index contributed by atoms with van der Waals surface area (Å²) >= 11 is 0. The van der Waals surface area contributed by atoms with E-state index >= 15 is 0 Å². The molecule has 0 aliphatic carbocycles. The standard InChI is InChI=1S/C24H27F2N5O3/c1-5-30(6-2)10-21-28-18-9-27-17-7-16-19(32-12-20-22(16)14(4)29-34-20)8-15(17)23(18)31(21)13(3)11-33-24(25)26/h7-9,13,24H,5-6,10-12H2,1-4H3/t13-/m1/s1. The van der Waals surface area contributed by atoms with Gasteiger partial charge in [-0.15, -0.1) is 0 Å². The first-order chi connectivity index (χ1) is 16.4. The van der Waals surface area contributed by atoms with Crippen molar-refractivity contribution >= 4 is 21.9 Å². The number of pyridine rings is 1. The Balaban J connectivity index is 1.71. The first kappa shape index (κ1) is 22.7. The van der Waals surface area contributed by atoms with E-state index in [0.717, 1.165) is 52.2 Å². The summed E-state index contributed by atoms with van der Waals surface area (Å²) in [7, 11) is 0. The Morgan fingerprint density at radius 1 is 1.21 bits per heavy atom. The lowest BCUT2D eigenvalue weighted by Gasteiger charge is -2.22. The van der Waals surface area contributed by atoms with E-state index in [1.54, 1.807) is 6.20 Å². The number of rotatable bonds is 8. The molecule has 1 aliphatic heterocycles. The second kappa shape index (κ2) is 8.92. The molecule has 1 atom stereocenters. The molecule has 4 aromatic rings. The van der Waals surface area contributed by atoms with E-state index < -0.39 is 6.61 Å². The van der Waals surface area contributed by atoms with Crippen molar-refractivity contribution in [2.24, 2.45) is 0 Å². The van der Waals surface area contributed by atoms with E-state index in [4.69, 9.17) is 14.2 Å². The smallest absolute Gasteiger partial charge is 0.345 e. The summed E-state index contributed by atoms with van der Waals surface area (Å²) in [5, 5.41) is 4.92. The van der Waals surface area contributed by atoms with Crippen molar-refractivity contribution in [3.05, 3.63) is 35.6 Å². The fourth-order valence-electron chi connectivity index (χ4n) is 4.69. The molecule has 0 radical (unpaired) electrons. The van der Waals surface area contributed by atoms with Crippen molar-refractivity contribution in [2.45, 2.75) is 53.5 Å². The molecule has 8 nitrogen and oxygen atoms in total. The second-order valence-corrected chi connectivity index (χ2v) is 8.51. The molecule has 0 saturated carbocycles. The van der Waals surface area contributed by atoms with Crippen molar-refractivity contribution in [2.75, 3.05) is 19.7 Å². The molecule has 3 aromatic heterocycles. The minimum absolute atomic E-state index is 0.136. The van der Waals surface area contributed by atoms with Crippen LogP contribution in [0.3, 0.4) is 0 Å². The van der Waals surface area contributed by atoms with Crippen LogP contribution in [0.4, 0.5) is 8.78 Å². The van der Waals surface area contributed by atoms with Gasteiger partial charge in [-0.1, -0.05) is 19.0 Å². The van der Waals surface area contributed by atoms with Crippen molar-refractivity contribution in [3.63, 3.8) is 0 Å². The predicted octanol–water partition coefficient (Wildman–Crippen LogP) is 5.08. The molecule has 0 fully saturated rings. The predicted molar refractivity (Wildman–Crippen MR) is 123 cm³/mol. The fourth-order valence-corrected chi connectivity index (χ4v) is 4.69. The molecule has 180 valence electrons. The molecule has 0 spiro atoms. The maximum Gasteiger partial charge on any atom is 0.345 e. The maximum atomic E-state index is 12.8. The minimum Gasteiger partial charge on any atom is -0.485 e. The first-order valence-corrected chi connectivity index (χ1v) is 11.4. The Morgan fingerprint density at radius 3 is 2.74 bits per heavy atom. The molecular weight excluding hydrogens is 444 g/mol. The van der Waals surface area contributed by atoms with Crippen LogP contribution in [0.25, 0.3) is 33.1 Å². The van der Waals surface area contributed by atoms with Gasteiger partial charge in [0, 0.05) is 10.9 Å².